The molecule has 0 aliphatic rings. The summed E-state index contributed by atoms with van der Waals surface area (Å²) in [6.07, 6.45) is -2.80. The van der Waals surface area contributed by atoms with Gasteiger partial charge in [0.15, 0.2) is 5.96 Å². The summed E-state index contributed by atoms with van der Waals surface area (Å²) in [4.78, 5) is 23.4. The lowest BCUT2D eigenvalue weighted by Gasteiger charge is -2.12. The number of alkyl halides is 3. The highest BCUT2D eigenvalue weighted by molar-refractivity contribution is 14.0. The third-order valence-electron chi connectivity index (χ3n) is 4.08. The largest absolute Gasteiger partial charge is 0.433 e. The van der Waals surface area contributed by atoms with E-state index < -0.39 is 11.9 Å². The van der Waals surface area contributed by atoms with E-state index in [1.165, 1.54) is 0 Å². The van der Waals surface area contributed by atoms with Crippen LogP contribution in [0.1, 0.15) is 28.5 Å². The van der Waals surface area contributed by atoms with E-state index in [2.05, 4.69) is 36.2 Å². The van der Waals surface area contributed by atoms with E-state index in [9.17, 15) is 18.0 Å². The minimum Gasteiger partial charge on any atom is -0.357 e. The summed E-state index contributed by atoms with van der Waals surface area (Å²) >= 11 is 0. The smallest absolute Gasteiger partial charge is 0.357 e. The highest BCUT2D eigenvalue weighted by Gasteiger charge is 2.32. The van der Waals surface area contributed by atoms with Gasteiger partial charge in [-0.15, -0.1) is 24.0 Å². The SMILES string of the molecule is CCNC(=NCCc1cccc(C(=O)NC)c1)NCCNc1nccc(C(F)(F)F)n1.I. The van der Waals surface area contributed by atoms with Gasteiger partial charge in [-0.2, -0.15) is 13.2 Å². The summed E-state index contributed by atoms with van der Waals surface area (Å²) in [7, 11) is 1.58. The van der Waals surface area contributed by atoms with Crippen molar-refractivity contribution in [3.05, 3.63) is 53.3 Å². The topological polar surface area (TPSA) is 103 Å². The van der Waals surface area contributed by atoms with Crippen LogP contribution in [0.3, 0.4) is 0 Å². The molecular formula is C20H27F3IN7O. The molecule has 1 heterocycles. The lowest BCUT2D eigenvalue weighted by Crippen LogP contribution is -2.39. The summed E-state index contributed by atoms with van der Waals surface area (Å²) in [5.74, 6) is 0.351. The molecule has 1 amide bonds. The minimum absolute atomic E-state index is 0. The fourth-order valence-electron chi connectivity index (χ4n) is 2.61. The molecule has 0 bridgehead atoms. The Morgan fingerprint density at radius 1 is 1.16 bits per heavy atom. The van der Waals surface area contributed by atoms with Crippen LogP contribution in [0.25, 0.3) is 0 Å². The summed E-state index contributed by atoms with van der Waals surface area (Å²) in [6, 6.07) is 8.16. The predicted octanol–water partition coefficient (Wildman–Crippen LogP) is 2.68. The Bertz CT molecular complexity index is 893. The zero-order valence-electron chi connectivity index (χ0n) is 17.8. The van der Waals surface area contributed by atoms with Crippen LogP contribution >= 0.6 is 24.0 Å². The van der Waals surface area contributed by atoms with Gasteiger partial charge in [0, 0.05) is 45.0 Å². The van der Waals surface area contributed by atoms with Crippen LogP contribution in [-0.2, 0) is 12.6 Å². The zero-order valence-corrected chi connectivity index (χ0v) is 20.1. The Labute approximate surface area is 201 Å². The maximum Gasteiger partial charge on any atom is 0.433 e. The van der Waals surface area contributed by atoms with Crippen molar-refractivity contribution in [2.45, 2.75) is 19.5 Å². The third kappa shape index (κ3) is 9.24. The molecule has 0 saturated carbocycles. The number of aromatic nitrogens is 2. The van der Waals surface area contributed by atoms with Gasteiger partial charge in [0.1, 0.15) is 5.69 Å². The molecule has 0 atom stereocenters. The second-order valence-electron chi connectivity index (χ2n) is 6.41. The van der Waals surface area contributed by atoms with Crippen molar-refractivity contribution in [1.82, 2.24) is 25.9 Å². The van der Waals surface area contributed by atoms with Crippen molar-refractivity contribution < 1.29 is 18.0 Å². The molecule has 1 aromatic heterocycles. The third-order valence-corrected chi connectivity index (χ3v) is 4.08. The first-order valence-corrected chi connectivity index (χ1v) is 9.80. The Hall–Kier alpha value is -2.64. The van der Waals surface area contributed by atoms with E-state index in [1.807, 2.05) is 25.1 Å². The molecule has 0 unspecified atom stereocenters. The first kappa shape index (κ1) is 27.4. The van der Waals surface area contributed by atoms with Crippen LogP contribution in [0.4, 0.5) is 19.1 Å². The van der Waals surface area contributed by atoms with Gasteiger partial charge in [0.2, 0.25) is 5.95 Å². The van der Waals surface area contributed by atoms with Crippen molar-refractivity contribution >= 4 is 41.8 Å². The molecule has 2 aromatic rings. The summed E-state index contributed by atoms with van der Waals surface area (Å²) < 4.78 is 38.1. The average molecular weight is 565 g/mol. The molecule has 2 rings (SSSR count). The monoisotopic (exact) mass is 565 g/mol. The molecule has 0 spiro atoms. The van der Waals surface area contributed by atoms with E-state index >= 15 is 0 Å². The number of anilines is 1. The summed E-state index contributed by atoms with van der Waals surface area (Å²) in [5.41, 5.74) is 0.592. The van der Waals surface area contributed by atoms with Crippen LogP contribution in [-0.4, -0.2) is 55.1 Å². The molecule has 1 aromatic carbocycles. The van der Waals surface area contributed by atoms with E-state index in [0.717, 1.165) is 17.8 Å². The fourth-order valence-corrected chi connectivity index (χ4v) is 2.61. The van der Waals surface area contributed by atoms with Gasteiger partial charge < -0.3 is 21.3 Å². The van der Waals surface area contributed by atoms with Crippen LogP contribution < -0.4 is 21.3 Å². The van der Waals surface area contributed by atoms with Gasteiger partial charge in [0.25, 0.3) is 5.91 Å². The van der Waals surface area contributed by atoms with Gasteiger partial charge in [-0.3, -0.25) is 9.79 Å². The predicted molar refractivity (Wildman–Crippen MR) is 128 cm³/mol. The number of guanidine groups is 1. The van der Waals surface area contributed by atoms with Crippen LogP contribution in [0.15, 0.2) is 41.5 Å². The second-order valence-corrected chi connectivity index (χ2v) is 6.41. The highest BCUT2D eigenvalue weighted by atomic mass is 127. The van der Waals surface area contributed by atoms with Gasteiger partial charge in [-0.25, -0.2) is 9.97 Å². The number of nitrogens with one attached hydrogen (secondary N) is 4. The zero-order chi connectivity index (χ0) is 22.7. The number of nitrogens with zero attached hydrogens (tertiary/aromatic N) is 3. The maximum absolute atomic E-state index is 12.7. The molecular weight excluding hydrogens is 538 g/mol. The van der Waals surface area contributed by atoms with Crippen molar-refractivity contribution in [3.8, 4) is 0 Å². The number of carbonyl (C=O) groups is 1. The Balaban J connectivity index is 0.00000512. The number of aliphatic imine (C=N–C) groups is 1. The lowest BCUT2D eigenvalue weighted by molar-refractivity contribution is -0.141. The standard InChI is InChI=1S/C20H26F3N7O.HI/c1-3-25-18(26-9-7-14-5-4-6-15(13-14)17(31)24-2)28-11-12-29-19-27-10-8-16(30-19)20(21,22)23;/h4-6,8,10,13H,3,7,9,11-12H2,1-2H3,(H,24,31)(H2,25,26,28)(H,27,29,30);1H. The van der Waals surface area contributed by atoms with Gasteiger partial charge in [0.05, 0.1) is 0 Å². The number of carbonyl (C=O) groups excluding carboxylic acids is 1. The Morgan fingerprint density at radius 3 is 2.62 bits per heavy atom. The highest BCUT2D eigenvalue weighted by Crippen LogP contribution is 2.27. The Kier molecular flexibility index (Phi) is 11.7. The minimum atomic E-state index is -4.51. The quantitative estimate of drug-likeness (QED) is 0.162. The second kappa shape index (κ2) is 13.7. The van der Waals surface area contributed by atoms with Crippen molar-refractivity contribution in [1.29, 1.82) is 0 Å². The summed E-state index contributed by atoms with van der Waals surface area (Å²) in [5, 5.41) is 11.5. The number of halogens is 4. The van der Waals surface area contributed by atoms with Gasteiger partial charge in [-0.1, -0.05) is 12.1 Å². The molecule has 0 saturated heterocycles. The normalized spacial score (nSPS) is 11.3. The number of hydrogen-bond acceptors (Lipinski definition) is 5. The lowest BCUT2D eigenvalue weighted by atomic mass is 10.1. The molecule has 8 nitrogen and oxygen atoms in total. The number of hydrogen-bond donors (Lipinski definition) is 4. The van der Waals surface area contributed by atoms with Crippen LogP contribution in [0.5, 0.6) is 0 Å². The molecule has 32 heavy (non-hydrogen) atoms. The first-order valence-electron chi connectivity index (χ1n) is 9.80. The molecule has 176 valence electrons. The molecule has 4 N–H and O–H groups in total. The van der Waals surface area contributed by atoms with Crippen molar-refractivity contribution in [3.63, 3.8) is 0 Å². The van der Waals surface area contributed by atoms with Gasteiger partial charge >= 0.3 is 6.18 Å². The van der Waals surface area contributed by atoms with Crippen molar-refractivity contribution in [2.24, 2.45) is 4.99 Å². The summed E-state index contributed by atoms with van der Waals surface area (Å²) in [6.45, 7) is 3.79. The molecule has 0 aliphatic carbocycles. The number of benzene rings is 1. The van der Waals surface area contributed by atoms with E-state index in [4.69, 9.17) is 0 Å². The van der Waals surface area contributed by atoms with E-state index in [1.54, 1.807) is 13.1 Å². The molecule has 0 aliphatic heterocycles. The van der Waals surface area contributed by atoms with Crippen molar-refractivity contribution in [2.75, 3.05) is 38.5 Å². The maximum atomic E-state index is 12.7. The average Bonchev–Trinajstić information content (AvgIpc) is 2.76. The van der Waals surface area contributed by atoms with Crippen LogP contribution in [0, 0.1) is 0 Å². The fraction of sp³-hybridized carbons (Fsp3) is 0.400. The molecule has 0 fully saturated rings. The Morgan fingerprint density at radius 2 is 1.94 bits per heavy atom. The van der Waals surface area contributed by atoms with E-state index in [-0.39, 0.29) is 35.8 Å². The molecule has 12 heteroatoms. The van der Waals surface area contributed by atoms with Gasteiger partial charge in [-0.05, 0) is 37.1 Å². The molecule has 0 radical (unpaired) electrons. The number of rotatable bonds is 9. The first-order chi connectivity index (χ1) is 14.8. The van der Waals surface area contributed by atoms with E-state index in [0.29, 0.717) is 44.1 Å². The van der Waals surface area contributed by atoms with Crippen LogP contribution in [0.2, 0.25) is 0 Å². The number of amides is 1.